The molecule has 34 heavy (non-hydrogen) atoms. The maximum Gasteiger partial charge on any atom is 0.241 e. The lowest BCUT2D eigenvalue weighted by Crippen LogP contribution is -2.52. The highest BCUT2D eigenvalue weighted by Gasteiger charge is 2.34. The number of amides is 1. The molecule has 4 rings (SSSR count). The smallest absolute Gasteiger partial charge is 0.241 e. The second-order valence-corrected chi connectivity index (χ2v) is 10.8. The van der Waals surface area contributed by atoms with E-state index in [1.807, 2.05) is 45.0 Å². The van der Waals surface area contributed by atoms with Gasteiger partial charge in [-0.3, -0.25) is 4.79 Å². The van der Waals surface area contributed by atoms with Crippen molar-refractivity contribution in [3.8, 4) is 11.4 Å². The van der Waals surface area contributed by atoms with Crippen LogP contribution in [-0.2, 0) is 14.8 Å². The molecule has 180 valence electrons. The summed E-state index contributed by atoms with van der Waals surface area (Å²) in [5.41, 5.74) is 2.06. The Morgan fingerprint density at radius 2 is 1.71 bits per heavy atom. The molecule has 1 aliphatic heterocycles. The third-order valence-electron chi connectivity index (χ3n) is 6.18. The van der Waals surface area contributed by atoms with Crippen LogP contribution in [0.5, 0.6) is 0 Å². The predicted molar refractivity (Wildman–Crippen MR) is 128 cm³/mol. The molecule has 0 unspecified atom stereocenters. The molecule has 1 atom stereocenters. The average molecular weight is 483 g/mol. The van der Waals surface area contributed by atoms with Crippen molar-refractivity contribution in [2.45, 2.75) is 50.5 Å². The molecule has 1 amide bonds. The lowest BCUT2D eigenvalue weighted by molar-refractivity contribution is -0.135. The zero-order chi connectivity index (χ0) is 24.3. The van der Waals surface area contributed by atoms with Crippen molar-refractivity contribution in [3.05, 3.63) is 66.1 Å². The van der Waals surface area contributed by atoms with Gasteiger partial charge < -0.3 is 9.42 Å². The molecule has 1 fully saturated rings. The van der Waals surface area contributed by atoms with Crippen LogP contribution in [0.15, 0.2) is 64.0 Å². The van der Waals surface area contributed by atoms with E-state index in [1.165, 1.54) is 12.1 Å². The lowest BCUT2D eigenvalue weighted by atomic mass is 9.95. The van der Waals surface area contributed by atoms with Crippen molar-refractivity contribution >= 4 is 15.9 Å². The second-order valence-electron chi connectivity index (χ2n) is 9.08. The Kier molecular flexibility index (Phi) is 7.13. The monoisotopic (exact) mass is 482 g/mol. The van der Waals surface area contributed by atoms with Crippen LogP contribution in [0.25, 0.3) is 11.4 Å². The Morgan fingerprint density at radius 3 is 2.32 bits per heavy atom. The van der Waals surface area contributed by atoms with Gasteiger partial charge in [0.25, 0.3) is 0 Å². The topological polar surface area (TPSA) is 105 Å². The summed E-state index contributed by atoms with van der Waals surface area (Å²) in [6.45, 7) is 6.71. The van der Waals surface area contributed by atoms with E-state index >= 15 is 0 Å². The van der Waals surface area contributed by atoms with Crippen molar-refractivity contribution in [2.24, 2.45) is 5.92 Å². The van der Waals surface area contributed by atoms with Crippen LogP contribution < -0.4 is 4.72 Å². The minimum Gasteiger partial charge on any atom is -0.341 e. The van der Waals surface area contributed by atoms with Crippen molar-refractivity contribution < 1.29 is 17.7 Å². The van der Waals surface area contributed by atoms with Crippen LogP contribution >= 0.6 is 0 Å². The molecule has 3 aromatic rings. The van der Waals surface area contributed by atoms with Gasteiger partial charge in [-0.1, -0.05) is 67.0 Å². The maximum atomic E-state index is 13.3. The summed E-state index contributed by atoms with van der Waals surface area (Å²) < 4.78 is 33.7. The van der Waals surface area contributed by atoms with E-state index < -0.39 is 16.1 Å². The van der Waals surface area contributed by atoms with Gasteiger partial charge in [0.05, 0.1) is 4.90 Å². The summed E-state index contributed by atoms with van der Waals surface area (Å²) in [6.07, 6.45) is 1.36. The van der Waals surface area contributed by atoms with Crippen molar-refractivity contribution in [1.82, 2.24) is 19.8 Å². The van der Waals surface area contributed by atoms with Gasteiger partial charge in [-0.05, 0) is 37.8 Å². The van der Waals surface area contributed by atoms with Gasteiger partial charge in [-0.25, -0.2) is 8.42 Å². The molecule has 0 bridgehead atoms. The van der Waals surface area contributed by atoms with E-state index in [-0.39, 0.29) is 22.6 Å². The first-order valence-electron chi connectivity index (χ1n) is 11.5. The number of aryl methyl sites for hydroxylation is 1. The fourth-order valence-electron chi connectivity index (χ4n) is 4.07. The van der Waals surface area contributed by atoms with Crippen molar-refractivity contribution in [2.75, 3.05) is 13.1 Å². The molecule has 1 aromatic heterocycles. The predicted octanol–water partition coefficient (Wildman–Crippen LogP) is 3.75. The maximum absolute atomic E-state index is 13.3. The number of hydrogen-bond donors (Lipinski definition) is 1. The van der Waals surface area contributed by atoms with E-state index in [9.17, 15) is 13.2 Å². The quantitative estimate of drug-likeness (QED) is 0.550. The molecule has 2 heterocycles. The van der Waals surface area contributed by atoms with Gasteiger partial charge in [-0.15, -0.1) is 0 Å². The van der Waals surface area contributed by atoms with E-state index in [0.29, 0.717) is 37.6 Å². The van der Waals surface area contributed by atoms with Crippen LogP contribution in [0.4, 0.5) is 0 Å². The lowest BCUT2D eigenvalue weighted by Gasteiger charge is -2.34. The number of benzene rings is 2. The van der Waals surface area contributed by atoms with Crippen molar-refractivity contribution in [3.63, 3.8) is 0 Å². The van der Waals surface area contributed by atoms with Gasteiger partial charge in [0.2, 0.25) is 27.6 Å². The minimum absolute atomic E-state index is 0.0641. The molecular formula is C25H30N4O4S. The zero-order valence-corrected chi connectivity index (χ0v) is 20.5. The van der Waals surface area contributed by atoms with Gasteiger partial charge in [-0.2, -0.15) is 9.71 Å². The molecule has 1 aliphatic rings. The number of carbonyl (C=O) groups is 1. The fraction of sp³-hybridized carbons (Fsp3) is 0.400. The molecule has 0 radical (unpaired) electrons. The number of nitrogens with one attached hydrogen (secondary N) is 1. The van der Waals surface area contributed by atoms with E-state index in [2.05, 4.69) is 14.9 Å². The van der Waals surface area contributed by atoms with Gasteiger partial charge in [0.15, 0.2) is 0 Å². The minimum atomic E-state index is -3.80. The Morgan fingerprint density at radius 1 is 1.06 bits per heavy atom. The SMILES string of the molecule is Cc1ccc(-c2noc(C3CCN(C(=O)[C@@H](NS(=O)(=O)c4ccccc4)C(C)C)CC3)n2)cc1. The highest BCUT2D eigenvalue weighted by atomic mass is 32.2. The first-order valence-corrected chi connectivity index (χ1v) is 13.0. The van der Waals surface area contributed by atoms with Crippen LogP contribution in [0.2, 0.25) is 0 Å². The number of hydrogen-bond acceptors (Lipinski definition) is 6. The number of piperidine rings is 1. The summed E-state index contributed by atoms with van der Waals surface area (Å²) in [7, 11) is -3.80. The van der Waals surface area contributed by atoms with Gasteiger partial charge in [0.1, 0.15) is 6.04 Å². The molecule has 9 heteroatoms. The Bertz CT molecular complexity index is 1220. The summed E-state index contributed by atoms with van der Waals surface area (Å²) in [6, 6.07) is 15.2. The van der Waals surface area contributed by atoms with Crippen LogP contribution in [-0.4, -0.2) is 48.5 Å². The summed E-state index contributed by atoms with van der Waals surface area (Å²) >= 11 is 0. The molecule has 2 aromatic carbocycles. The number of carbonyl (C=O) groups excluding carboxylic acids is 1. The molecule has 0 saturated carbocycles. The average Bonchev–Trinajstić information content (AvgIpc) is 3.33. The molecule has 0 spiro atoms. The van der Waals surface area contributed by atoms with Crippen LogP contribution in [0.1, 0.15) is 44.1 Å². The van der Waals surface area contributed by atoms with Gasteiger partial charge in [0, 0.05) is 24.6 Å². The summed E-state index contributed by atoms with van der Waals surface area (Å²) in [5.74, 6) is 0.793. The Labute approximate surface area is 200 Å². The molecule has 0 aliphatic carbocycles. The van der Waals surface area contributed by atoms with Gasteiger partial charge >= 0.3 is 0 Å². The molecule has 1 saturated heterocycles. The highest BCUT2D eigenvalue weighted by Crippen LogP contribution is 2.29. The summed E-state index contributed by atoms with van der Waals surface area (Å²) in [5, 5.41) is 4.12. The van der Waals surface area contributed by atoms with E-state index in [0.717, 1.165) is 11.1 Å². The number of rotatable bonds is 7. The molecule has 8 nitrogen and oxygen atoms in total. The standard InChI is InChI=1S/C25H30N4O4S/c1-17(2)22(28-34(31,32)21-7-5-4-6-8-21)25(30)29-15-13-20(14-16-29)24-26-23(27-33-24)19-11-9-18(3)10-12-19/h4-12,17,20,22,28H,13-16H2,1-3H3/t22-/m0/s1. The zero-order valence-electron chi connectivity index (χ0n) is 19.6. The fourth-order valence-corrected chi connectivity index (χ4v) is 5.43. The largest absolute Gasteiger partial charge is 0.341 e. The molecular weight excluding hydrogens is 452 g/mol. The number of sulfonamides is 1. The summed E-state index contributed by atoms with van der Waals surface area (Å²) in [4.78, 5) is 19.7. The van der Waals surface area contributed by atoms with Crippen molar-refractivity contribution in [1.29, 1.82) is 0 Å². The normalized spacial score (nSPS) is 16.1. The Hall–Kier alpha value is -3.04. The highest BCUT2D eigenvalue weighted by molar-refractivity contribution is 7.89. The van der Waals surface area contributed by atoms with Crippen LogP contribution in [0, 0.1) is 12.8 Å². The second kappa shape index (κ2) is 10.1. The first kappa shape index (κ1) is 24.1. The van der Waals surface area contributed by atoms with Crippen LogP contribution in [0.3, 0.4) is 0 Å². The number of aromatic nitrogens is 2. The number of likely N-dealkylation sites (tertiary alicyclic amines) is 1. The first-order chi connectivity index (χ1) is 16.2. The van der Waals surface area contributed by atoms with E-state index in [1.54, 1.807) is 23.1 Å². The third kappa shape index (κ3) is 5.37. The van der Waals surface area contributed by atoms with E-state index in [4.69, 9.17) is 4.52 Å². The Balaban J connectivity index is 1.40. The number of nitrogens with zero attached hydrogens (tertiary/aromatic N) is 3. The molecule has 1 N–H and O–H groups in total. The third-order valence-corrected chi connectivity index (χ3v) is 7.63.